The zero-order valence-electron chi connectivity index (χ0n) is 21.1. The Bertz CT molecular complexity index is 1100. The second-order valence-electron chi connectivity index (χ2n) is 10.00. The number of rotatable bonds is 7. The maximum absolute atomic E-state index is 12.2. The number of amides is 2. The number of ether oxygens (including phenoxy) is 1. The molecule has 2 aliphatic carbocycles. The fourth-order valence-corrected chi connectivity index (χ4v) is 5.38. The number of primary amides is 1. The van der Waals surface area contributed by atoms with Gasteiger partial charge in [-0.25, -0.2) is 5.01 Å². The Balaban J connectivity index is 0.000000342. The molecule has 0 bridgehead atoms. The average molecular weight is 506 g/mol. The van der Waals surface area contributed by atoms with E-state index < -0.39 is 5.97 Å². The van der Waals surface area contributed by atoms with E-state index in [2.05, 4.69) is 5.10 Å². The molecule has 2 amide bonds. The third kappa shape index (κ3) is 6.96. The van der Waals surface area contributed by atoms with Crippen molar-refractivity contribution in [1.82, 2.24) is 5.01 Å². The van der Waals surface area contributed by atoms with Gasteiger partial charge < -0.3 is 15.6 Å². The van der Waals surface area contributed by atoms with Gasteiger partial charge in [-0.2, -0.15) is 0 Å². The van der Waals surface area contributed by atoms with Crippen LogP contribution < -0.4 is 5.73 Å². The SMILES string of the molecule is NC(=O)C(c1ccc(CN2N=C(c3ccccc3)OCC2=O)cc1)C1CCCC1.O=C(O)C1CCCC1. The van der Waals surface area contributed by atoms with E-state index in [1.54, 1.807) is 0 Å². The molecule has 37 heavy (non-hydrogen) atoms. The number of hydrogen-bond donors (Lipinski definition) is 2. The van der Waals surface area contributed by atoms with Crippen LogP contribution in [0.25, 0.3) is 0 Å². The molecule has 2 saturated carbocycles. The standard InChI is InChI=1S/C23H25N3O3.C6H10O2/c24-22(28)21(17-6-4-5-7-17)18-12-10-16(11-13-18)14-26-20(27)15-29-23(25-26)19-8-2-1-3-9-19;7-6(8)5-3-1-2-4-5/h1-3,8-13,17,21H,4-7,14-15H2,(H2,24,28);5H,1-4H2,(H,7,8). The van der Waals surface area contributed by atoms with E-state index in [-0.39, 0.29) is 30.3 Å². The van der Waals surface area contributed by atoms with Gasteiger partial charge in [0, 0.05) is 5.56 Å². The zero-order valence-corrected chi connectivity index (χ0v) is 21.1. The minimum Gasteiger partial charge on any atom is -0.481 e. The van der Waals surface area contributed by atoms with E-state index in [0.717, 1.165) is 68.1 Å². The first-order valence-electron chi connectivity index (χ1n) is 13.1. The summed E-state index contributed by atoms with van der Waals surface area (Å²) in [6.45, 7) is 0.320. The molecule has 1 unspecified atom stereocenters. The van der Waals surface area contributed by atoms with Gasteiger partial charge in [0.25, 0.3) is 5.91 Å². The zero-order chi connectivity index (χ0) is 26.2. The highest BCUT2D eigenvalue weighted by molar-refractivity contribution is 5.97. The minimum absolute atomic E-state index is 0.0185. The monoisotopic (exact) mass is 505 g/mol. The van der Waals surface area contributed by atoms with Gasteiger partial charge in [0.15, 0.2) is 6.61 Å². The van der Waals surface area contributed by atoms with Crippen molar-refractivity contribution in [2.24, 2.45) is 22.7 Å². The Morgan fingerprint density at radius 3 is 2.16 bits per heavy atom. The topological polar surface area (TPSA) is 122 Å². The first-order valence-corrected chi connectivity index (χ1v) is 13.1. The predicted molar refractivity (Wildman–Crippen MR) is 139 cm³/mol. The molecular weight excluding hydrogens is 470 g/mol. The lowest BCUT2D eigenvalue weighted by Crippen LogP contribution is -2.36. The van der Waals surface area contributed by atoms with Gasteiger partial charge in [-0.3, -0.25) is 14.4 Å². The average Bonchev–Trinajstić information content (AvgIpc) is 3.63. The number of aliphatic carboxylic acids is 1. The van der Waals surface area contributed by atoms with Crippen LogP contribution in [0.4, 0.5) is 0 Å². The first-order chi connectivity index (χ1) is 17.9. The second-order valence-corrected chi connectivity index (χ2v) is 10.00. The Hall–Kier alpha value is -3.68. The van der Waals surface area contributed by atoms with Crippen molar-refractivity contribution in [2.75, 3.05) is 6.61 Å². The molecule has 2 aromatic rings. The molecule has 1 atom stereocenters. The van der Waals surface area contributed by atoms with Crippen LogP contribution in [0.3, 0.4) is 0 Å². The summed E-state index contributed by atoms with van der Waals surface area (Å²) in [4.78, 5) is 34.5. The van der Waals surface area contributed by atoms with Crippen molar-refractivity contribution in [2.45, 2.75) is 63.8 Å². The molecule has 3 aliphatic rings. The number of carbonyl (C=O) groups excluding carboxylic acids is 2. The van der Waals surface area contributed by atoms with Crippen molar-refractivity contribution < 1.29 is 24.2 Å². The fraction of sp³-hybridized carbons (Fsp3) is 0.448. The van der Waals surface area contributed by atoms with Crippen LogP contribution >= 0.6 is 0 Å². The van der Waals surface area contributed by atoms with E-state index in [1.807, 2.05) is 54.6 Å². The summed E-state index contributed by atoms with van der Waals surface area (Å²) in [5, 5.41) is 14.2. The molecule has 8 nitrogen and oxygen atoms in total. The Morgan fingerprint density at radius 2 is 1.59 bits per heavy atom. The third-order valence-electron chi connectivity index (χ3n) is 7.41. The lowest BCUT2D eigenvalue weighted by Gasteiger charge is -2.24. The molecule has 196 valence electrons. The molecule has 1 aliphatic heterocycles. The van der Waals surface area contributed by atoms with E-state index >= 15 is 0 Å². The number of hydrogen-bond acceptors (Lipinski definition) is 5. The summed E-state index contributed by atoms with van der Waals surface area (Å²) in [5.41, 5.74) is 8.43. The van der Waals surface area contributed by atoms with Crippen LogP contribution in [0, 0.1) is 11.8 Å². The smallest absolute Gasteiger partial charge is 0.306 e. The lowest BCUT2D eigenvalue weighted by atomic mass is 9.84. The fourth-order valence-electron chi connectivity index (χ4n) is 5.38. The number of hydrazone groups is 1. The predicted octanol–water partition coefficient (Wildman–Crippen LogP) is 4.43. The van der Waals surface area contributed by atoms with Gasteiger partial charge in [0.05, 0.1) is 18.4 Å². The van der Waals surface area contributed by atoms with Gasteiger partial charge in [-0.1, -0.05) is 68.1 Å². The van der Waals surface area contributed by atoms with Crippen molar-refractivity contribution in [3.8, 4) is 0 Å². The summed E-state index contributed by atoms with van der Waals surface area (Å²) in [7, 11) is 0. The highest BCUT2D eigenvalue weighted by atomic mass is 16.5. The van der Waals surface area contributed by atoms with Gasteiger partial charge in [-0.15, -0.1) is 5.10 Å². The molecule has 0 radical (unpaired) electrons. The molecule has 0 spiro atoms. The maximum atomic E-state index is 12.2. The minimum atomic E-state index is -0.609. The van der Waals surface area contributed by atoms with Crippen molar-refractivity contribution >= 4 is 23.7 Å². The lowest BCUT2D eigenvalue weighted by molar-refractivity contribution is -0.141. The number of carboxylic acids is 1. The maximum Gasteiger partial charge on any atom is 0.306 e. The van der Waals surface area contributed by atoms with Crippen molar-refractivity contribution in [3.63, 3.8) is 0 Å². The van der Waals surface area contributed by atoms with Gasteiger partial charge in [0.1, 0.15) is 0 Å². The number of nitrogens with two attached hydrogens (primary N) is 1. The number of benzene rings is 2. The van der Waals surface area contributed by atoms with Crippen molar-refractivity contribution in [1.29, 1.82) is 0 Å². The van der Waals surface area contributed by atoms with Crippen LogP contribution in [0.2, 0.25) is 0 Å². The summed E-state index contributed by atoms with van der Waals surface area (Å²) in [6, 6.07) is 17.3. The van der Waals surface area contributed by atoms with Crippen molar-refractivity contribution in [3.05, 3.63) is 71.3 Å². The number of carbonyl (C=O) groups is 3. The Kier molecular flexibility index (Phi) is 8.93. The van der Waals surface area contributed by atoms with Gasteiger partial charge >= 0.3 is 5.97 Å². The Morgan fingerprint density at radius 1 is 0.973 bits per heavy atom. The van der Waals surface area contributed by atoms with Gasteiger partial charge in [0.2, 0.25) is 11.8 Å². The summed E-state index contributed by atoms with van der Waals surface area (Å²) in [6.07, 6.45) is 8.43. The molecule has 2 aromatic carbocycles. The highest BCUT2D eigenvalue weighted by Crippen LogP contribution is 2.37. The van der Waals surface area contributed by atoms with Crippen LogP contribution in [0.1, 0.15) is 74.0 Å². The van der Waals surface area contributed by atoms with Crippen LogP contribution in [-0.4, -0.2) is 40.4 Å². The van der Waals surface area contributed by atoms with E-state index in [0.29, 0.717) is 18.4 Å². The summed E-state index contributed by atoms with van der Waals surface area (Å²) >= 11 is 0. The van der Waals surface area contributed by atoms with Crippen LogP contribution in [0.15, 0.2) is 59.7 Å². The van der Waals surface area contributed by atoms with Crippen LogP contribution in [0.5, 0.6) is 0 Å². The molecule has 1 heterocycles. The number of carboxylic acid groups (broad SMARTS) is 1. The molecule has 8 heteroatoms. The first kappa shape index (κ1) is 26.4. The molecular formula is C29H35N3O5. The molecule has 0 aromatic heterocycles. The summed E-state index contributed by atoms with van der Waals surface area (Å²) < 4.78 is 5.49. The third-order valence-corrected chi connectivity index (χ3v) is 7.41. The van der Waals surface area contributed by atoms with Crippen LogP contribution in [-0.2, 0) is 25.7 Å². The highest BCUT2D eigenvalue weighted by Gasteiger charge is 2.30. The van der Waals surface area contributed by atoms with E-state index in [4.69, 9.17) is 15.6 Å². The number of nitrogens with zero attached hydrogens (tertiary/aromatic N) is 2. The molecule has 2 fully saturated rings. The largest absolute Gasteiger partial charge is 0.481 e. The molecule has 0 saturated heterocycles. The molecule has 5 rings (SSSR count). The second kappa shape index (κ2) is 12.5. The van der Waals surface area contributed by atoms with Gasteiger partial charge in [-0.05, 0) is 54.9 Å². The quantitative estimate of drug-likeness (QED) is 0.576. The summed E-state index contributed by atoms with van der Waals surface area (Å²) in [5.74, 6) is -0.536. The van der Waals surface area contributed by atoms with E-state index in [1.165, 1.54) is 5.01 Å². The normalized spacial score (nSPS) is 19.0. The Labute approximate surface area is 217 Å². The molecule has 3 N–H and O–H groups in total. The van der Waals surface area contributed by atoms with E-state index in [9.17, 15) is 14.4 Å².